The van der Waals surface area contributed by atoms with Gasteiger partial charge in [-0.25, -0.2) is 13.8 Å². The number of para-hydroxylation sites is 1. The van der Waals surface area contributed by atoms with Crippen molar-refractivity contribution >= 4 is 16.8 Å². The molecule has 1 aromatic heterocycles. The number of fused-ring (bicyclic) bond motifs is 1. The third-order valence-corrected chi connectivity index (χ3v) is 4.54. The molecule has 1 saturated heterocycles. The van der Waals surface area contributed by atoms with Crippen LogP contribution in [0.4, 0.5) is 8.78 Å². The largest absolute Gasteiger partial charge is 0.339 e. The van der Waals surface area contributed by atoms with Crippen LogP contribution in [0.3, 0.4) is 0 Å². The van der Waals surface area contributed by atoms with Crippen molar-refractivity contribution < 1.29 is 13.6 Å². The van der Waals surface area contributed by atoms with Gasteiger partial charge in [0.25, 0.3) is 5.91 Å². The van der Waals surface area contributed by atoms with Gasteiger partial charge >= 0.3 is 0 Å². The second-order valence-corrected chi connectivity index (χ2v) is 6.20. The molecule has 2 aromatic carbocycles. The molecule has 1 fully saturated rings. The van der Waals surface area contributed by atoms with Gasteiger partial charge in [0, 0.05) is 24.0 Å². The summed E-state index contributed by atoms with van der Waals surface area (Å²) in [6.45, 7) is 1.44. The minimum atomic E-state index is -0.566. The molecule has 126 valence electrons. The molecule has 3 nitrogen and oxygen atoms in total. The third kappa shape index (κ3) is 2.86. The first kappa shape index (κ1) is 15.7. The number of likely N-dealkylation sites (tertiary alicyclic amines) is 1. The summed E-state index contributed by atoms with van der Waals surface area (Å²) < 4.78 is 27.8. The van der Waals surface area contributed by atoms with E-state index in [0.717, 1.165) is 49.5 Å². The monoisotopic (exact) mass is 338 g/mol. The lowest BCUT2D eigenvalue weighted by Crippen LogP contribution is -2.27. The Morgan fingerprint density at radius 2 is 1.76 bits per heavy atom. The van der Waals surface area contributed by atoms with Crippen molar-refractivity contribution in [2.45, 2.75) is 12.8 Å². The number of carbonyl (C=O) groups is 1. The van der Waals surface area contributed by atoms with Crippen LogP contribution in [-0.4, -0.2) is 28.9 Å². The van der Waals surface area contributed by atoms with Crippen molar-refractivity contribution in [2.75, 3.05) is 13.1 Å². The fraction of sp³-hybridized carbons (Fsp3) is 0.200. The number of carbonyl (C=O) groups excluding carboxylic acids is 1. The van der Waals surface area contributed by atoms with E-state index in [1.807, 2.05) is 18.2 Å². The minimum Gasteiger partial charge on any atom is -0.339 e. The SMILES string of the molecule is O=C(c1cc(-c2cc(F)ccc2F)nc2ccccc12)N1CCCC1. The number of hydrogen-bond donors (Lipinski definition) is 0. The van der Waals surface area contributed by atoms with Gasteiger partial charge in [0.2, 0.25) is 0 Å². The molecule has 4 rings (SSSR count). The lowest BCUT2D eigenvalue weighted by Gasteiger charge is -2.17. The van der Waals surface area contributed by atoms with Crippen LogP contribution < -0.4 is 0 Å². The summed E-state index contributed by atoms with van der Waals surface area (Å²) in [7, 11) is 0. The predicted molar refractivity (Wildman–Crippen MR) is 92.2 cm³/mol. The Balaban J connectivity index is 1.92. The fourth-order valence-electron chi connectivity index (χ4n) is 3.27. The van der Waals surface area contributed by atoms with E-state index in [0.29, 0.717) is 11.1 Å². The number of amides is 1. The molecule has 1 amide bonds. The highest BCUT2D eigenvalue weighted by atomic mass is 19.1. The van der Waals surface area contributed by atoms with E-state index in [-0.39, 0.29) is 17.2 Å². The van der Waals surface area contributed by atoms with E-state index in [2.05, 4.69) is 4.98 Å². The molecule has 0 N–H and O–H groups in total. The lowest BCUT2D eigenvalue weighted by molar-refractivity contribution is 0.0794. The zero-order chi connectivity index (χ0) is 17.4. The lowest BCUT2D eigenvalue weighted by atomic mass is 10.0. The Morgan fingerprint density at radius 3 is 2.56 bits per heavy atom. The summed E-state index contributed by atoms with van der Waals surface area (Å²) in [5.74, 6) is -1.20. The number of hydrogen-bond acceptors (Lipinski definition) is 2. The van der Waals surface area contributed by atoms with Crippen LogP contribution in [0.1, 0.15) is 23.2 Å². The smallest absolute Gasteiger partial charge is 0.254 e. The first-order valence-corrected chi connectivity index (χ1v) is 8.28. The van der Waals surface area contributed by atoms with Crippen LogP contribution in [0, 0.1) is 11.6 Å². The average molecular weight is 338 g/mol. The van der Waals surface area contributed by atoms with Crippen molar-refractivity contribution in [2.24, 2.45) is 0 Å². The average Bonchev–Trinajstić information content (AvgIpc) is 3.17. The van der Waals surface area contributed by atoms with Crippen LogP contribution in [0.2, 0.25) is 0 Å². The standard InChI is InChI=1S/C20H16F2N2O/c21-13-7-8-17(22)16(11-13)19-12-15(20(25)24-9-3-4-10-24)14-5-1-2-6-18(14)23-19/h1-2,5-8,11-12H,3-4,9-10H2. The van der Waals surface area contributed by atoms with Gasteiger partial charge in [-0.2, -0.15) is 0 Å². The number of aromatic nitrogens is 1. The quantitative estimate of drug-likeness (QED) is 0.693. The van der Waals surface area contributed by atoms with Crippen molar-refractivity contribution in [1.29, 1.82) is 0 Å². The number of rotatable bonds is 2. The van der Waals surface area contributed by atoms with Gasteiger partial charge in [-0.05, 0) is 43.2 Å². The molecule has 1 aliphatic rings. The molecule has 3 aromatic rings. The molecule has 5 heteroatoms. The van der Waals surface area contributed by atoms with Crippen LogP contribution in [0.15, 0.2) is 48.5 Å². The Morgan fingerprint density at radius 1 is 1.00 bits per heavy atom. The van der Waals surface area contributed by atoms with E-state index in [1.54, 1.807) is 17.0 Å². The van der Waals surface area contributed by atoms with Gasteiger partial charge < -0.3 is 4.90 Å². The number of halogens is 2. The van der Waals surface area contributed by atoms with Crippen LogP contribution >= 0.6 is 0 Å². The maximum atomic E-state index is 14.2. The molecular weight excluding hydrogens is 322 g/mol. The topological polar surface area (TPSA) is 33.2 Å². The number of pyridine rings is 1. The molecule has 0 unspecified atom stereocenters. The van der Waals surface area contributed by atoms with Crippen molar-refractivity contribution in [3.05, 3.63) is 65.7 Å². The fourth-order valence-corrected chi connectivity index (χ4v) is 3.27. The maximum Gasteiger partial charge on any atom is 0.254 e. The first-order chi connectivity index (χ1) is 12.1. The zero-order valence-electron chi connectivity index (χ0n) is 13.5. The van der Waals surface area contributed by atoms with Crippen molar-refractivity contribution in [3.8, 4) is 11.3 Å². The second-order valence-electron chi connectivity index (χ2n) is 6.20. The van der Waals surface area contributed by atoms with E-state index in [9.17, 15) is 13.6 Å². The highest BCUT2D eigenvalue weighted by molar-refractivity contribution is 6.07. The molecule has 0 radical (unpaired) electrons. The summed E-state index contributed by atoms with van der Waals surface area (Å²) in [6, 6.07) is 12.1. The van der Waals surface area contributed by atoms with E-state index >= 15 is 0 Å². The van der Waals surface area contributed by atoms with Crippen molar-refractivity contribution in [1.82, 2.24) is 9.88 Å². The number of nitrogens with zero attached hydrogens (tertiary/aromatic N) is 2. The molecule has 0 bridgehead atoms. The van der Waals surface area contributed by atoms with Crippen LogP contribution in [0.5, 0.6) is 0 Å². The second kappa shape index (κ2) is 6.24. The molecule has 1 aliphatic heterocycles. The van der Waals surface area contributed by atoms with Gasteiger partial charge in [-0.1, -0.05) is 18.2 Å². The normalized spacial score (nSPS) is 14.2. The van der Waals surface area contributed by atoms with Gasteiger partial charge in [0.1, 0.15) is 11.6 Å². The highest BCUT2D eigenvalue weighted by Crippen LogP contribution is 2.28. The summed E-state index contributed by atoms with van der Waals surface area (Å²) >= 11 is 0. The van der Waals surface area contributed by atoms with E-state index < -0.39 is 11.6 Å². The Labute approximate surface area is 143 Å². The number of benzene rings is 2. The molecule has 0 saturated carbocycles. The molecule has 0 aliphatic carbocycles. The summed E-state index contributed by atoms with van der Waals surface area (Å²) in [5.41, 5.74) is 1.39. The molecule has 2 heterocycles. The Bertz CT molecular complexity index is 965. The van der Waals surface area contributed by atoms with Crippen LogP contribution in [-0.2, 0) is 0 Å². The molecule has 0 spiro atoms. The summed E-state index contributed by atoms with van der Waals surface area (Å²) in [6.07, 6.45) is 1.97. The van der Waals surface area contributed by atoms with Crippen LogP contribution in [0.25, 0.3) is 22.2 Å². The zero-order valence-corrected chi connectivity index (χ0v) is 13.5. The third-order valence-electron chi connectivity index (χ3n) is 4.54. The first-order valence-electron chi connectivity index (χ1n) is 8.28. The van der Waals surface area contributed by atoms with Gasteiger partial charge in [0.05, 0.1) is 16.8 Å². The van der Waals surface area contributed by atoms with E-state index in [1.165, 1.54) is 0 Å². The summed E-state index contributed by atoms with van der Waals surface area (Å²) in [4.78, 5) is 19.2. The Kier molecular flexibility index (Phi) is 3.92. The highest BCUT2D eigenvalue weighted by Gasteiger charge is 2.23. The predicted octanol–water partition coefficient (Wildman–Crippen LogP) is 4.42. The molecular formula is C20H16F2N2O. The molecule has 25 heavy (non-hydrogen) atoms. The van der Waals surface area contributed by atoms with Crippen molar-refractivity contribution in [3.63, 3.8) is 0 Å². The molecule has 0 atom stereocenters. The summed E-state index contributed by atoms with van der Waals surface area (Å²) in [5, 5.41) is 0.722. The van der Waals surface area contributed by atoms with Gasteiger partial charge in [0.15, 0.2) is 0 Å². The maximum absolute atomic E-state index is 14.2. The minimum absolute atomic E-state index is 0.0567. The Hall–Kier alpha value is -2.82. The van der Waals surface area contributed by atoms with Gasteiger partial charge in [-0.3, -0.25) is 4.79 Å². The van der Waals surface area contributed by atoms with E-state index in [4.69, 9.17) is 0 Å². The van der Waals surface area contributed by atoms with Gasteiger partial charge in [-0.15, -0.1) is 0 Å².